The summed E-state index contributed by atoms with van der Waals surface area (Å²) in [6.45, 7) is 4.14. The van der Waals surface area contributed by atoms with E-state index in [2.05, 4.69) is 6.92 Å². The molecule has 0 radical (unpaired) electrons. The first kappa shape index (κ1) is 10.7. The molecule has 15 heavy (non-hydrogen) atoms. The largest absolute Gasteiger partial charge is 0.481 e. The van der Waals surface area contributed by atoms with Crippen molar-refractivity contribution in [3.63, 3.8) is 0 Å². The van der Waals surface area contributed by atoms with Crippen LogP contribution in [0.25, 0.3) is 0 Å². The number of fused-ring (bicyclic) bond motifs is 2. The van der Waals surface area contributed by atoms with E-state index in [0.29, 0.717) is 24.5 Å². The molecule has 0 heterocycles. The van der Waals surface area contributed by atoms with Gasteiger partial charge in [-0.15, -0.1) is 0 Å². The first-order valence-electron chi connectivity index (χ1n) is 5.65. The number of carboxylic acids is 1. The second kappa shape index (κ2) is 3.06. The van der Waals surface area contributed by atoms with Crippen molar-refractivity contribution in [3.8, 4) is 0 Å². The summed E-state index contributed by atoms with van der Waals surface area (Å²) in [6, 6.07) is 0. The highest BCUT2D eigenvalue weighted by molar-refractivity contribution is 5.89. The molecule has 2 rings (SSSR count). The van der Waals surface area contributed by atoms with Crippen molar-refractivity contribution in [2.24, 2.45) is 16.7 Å². The van der Waals surface area contributed by atoms with Gasteiger partial charge in [0, 0.05) is 18.3 Å². The highest BCUT2D eigenvalue weighted by atomic mass is 16.4. The molecule has 0 aromatic heterocycles. The maximum Gasteiger partial charge on any atom is 0.303 e. The number of ketones is 1. The lowest BCUT2D eigenvalue weighted by molar-refractivity contribution is -0.139. The van der Waals surface area contributed by atoms with E-state index >= 15 is 0 Å². The first-order chi connectivity index (χ1) is 6.90. The summed E-state index contributed by atoms with van der Waals surface area (Å²) in [5.41, 5.74) is -0.310. The first-order valence-corrected chi connectivity index (χ1v) is 5.65. The molecule has 2 aliphatic carbocycles. The third-order valence-electron chi connectivity index (χ3n) is 5.06. The van der Waals surface area contributed by atoms with Gasteiger partial charge in [-0.2, -0.15) is 0 Å². The summed E-state index contributed by atoms with van der Waals surface area (Å²) < 4.78 is 0. The molecule has 0 amide bonds. The standard InChI is InChI=1S/C12H18O3/c1-11(6-4-10(14)15)8-3-5-12(11,2)9(13)7-8/h8H,3-7H2,1-2H3,(H,14,15)/t8-,11-,12-/m0/s1. The molecule has 3 nitrogen and oxygen atoms in total. The minimum Gasteiger partial charge on any atom is -0.481 e. The smallest absolute Gasteiger partial charge is 0.303 e. The van der Waals surface area contributed by atoms with Crippen LogP contribution in [0.15, 0.2) is 0 Å². The van der Waals surface area contributed by atoms with Crippen molar-refractivity contribution < 1.29 is 14.7 Å². The van der Waals surface area contributed by atoms with Gasteiger partial charge in [0.2, 0.25) is 0 Å². The second-order valence-corrected chi connectivity index (χ2v) is 5.51. The van der Waals surface area contributed by atoms with Crippen molar-refractivity contribution in [2.75, 3.05) is 0 Å². The molecule has 2 bridgehead atoms. The molecule has 2 fully saturated rings. The SMILES string of the molecule is C[C@]12CC[C@@H](CC1=O)[C@]2(C)CCC(=O)O. The Bertz CT molecular complexity index is 323. The van der Waals surface area contributed by atoms with Crippen molar-refractivity contribution in [3.05, 3.63) is 0 Å². The number of aliphatic carboxylic acids is 1. The Morgan fingerprint density at radius 1 is 1.53 bits per heavy atom. The lowest BCUT2D eigenvalue weighted by Gasteiger charge is -2.36. The molecule has 0 saturated heterocycles. The minimum absolute atomic E-state index is 0.0670. The van der Waals surface area contributed by atoms with Crippen LogP contribution >= 0.6 is 0 Å². The zero-order valence-electron chi connectivity index (χ0n) is 9.38. The van der Waals surface area contributed by atoms with Crippen LogP contribution in [0.1, 0.15) is 46.0 Å². The molecule has 84 valence electrons. The van der Waals surface area contributed by atoms with Crippen LogP contribution in [0, 0.1) is 16.7 Å². The maximum absolute atomic E-state index is 11.9. The monoisotopic (exact) mass is 210 g/mol. The van der Waals surface area contributed by atoms with Gasteiger partial charge in [0.05, 0.1) is 0 Å². The Kier molecular flexibility index (Phi) is 2.18. The van der Waals surface area contributed by atoms with Crippen molar-refractivity contribution in [1.82, 2.24) is 0 Å². The van der Waals surface area contributed by atoms with E-state index in [9.17, 15) is 9.59 Å². The highest BCUT2D eigenvalue weighted by Crippen LogP contribution is 2.65. The molecule has 0 aliphatic heterocycles. The summed E-state index contributed by atoms with van der Waals surface area (Å²) in [7, 11) is 0. The number of hydrogen-bond donors (Lipinski definition) is 1. The third kappa shape index (κ3) is 1.25. The zero-order valence-corrected chi connectivity index (χ0v) is 9.38. The fraction of sp³-hybridized carbons (Fsp3) is 0.833. The Labute approximate surface area is 89.9 Å². The van der Waals surface area contributed by atoms with Crippen LogP contribution in [0.5, 0.6) is 0 Å². The van der Waals surface area contributed by atoms with Gasteiger partial charge in [-0.05, 0) is 30.6 Å². The van der Waals surface area contributed by atoms with E-state index in [4.69, 9.17) is 5.11 Å². The molecule has 1 N–H and O–H groups in total. The molecular formula is C12H18O3. The van der Waals surface area contributed by atoms with Gasteiger partial charge >= 0.3 is 5.97 Å². The van der Waals surface area contributed by atoms with E-state index in [1.165, 1.54) is 0 Å². The highest BCUT2D eigenvalue weighted by Gasteiger charge is 2.63. The number of carbonyl (C=O) groups excluding carboxylic acids is 1. The van der Waals surface area contributed by atoms with Crippen molar-refractivity contribution in [2.45, 2.75) is 46.0 Å². The van der Waals surface area contributed by atoms with Crippen LogP contribution in [0.3, 0.4) is 0 Å². The summed E-state index contributed by atoms with van der Waals surface area (Å²) in [5, 5.41) is 8.75. The molecule has 0 spiro atoms. The van der Waals surface area contributed by atoms with E-state index in [0.717, 1.165) is 12.8 Å². The molecule has 2 aliphatic rings. The lowest BCUT2D eigenvalue weighted by atomic mass is 9.66. The van der Waals surface area contributed by atoms with Crippen molar-refractivity contribution in [1.29, 1.82) is 0 Å². The molecule has 3 heteroatoms. The van der Waals surface area contributed by atoms with Crippen LogP contribution in [0.2, 0.25) is 0 Å². The topological polar surface area (TPSA) is 54.4 Å². The van der Waals surface area contributed by atoms with Crippen LogP contribution in [-0.4, -0.2) is 16.9 Å². The molecule has 0 aromatic carbocycles. The van der Waals surface area contributed by atoms with Crippen LogP contribution in [0.4, 0.5) is 0 Å². The van der Waals surface area contributed by atoms with E-state index in [-0.39, 0.29) is 17.3 Å². The molecular weight excluding hydrogens is 192 g/mol. The predicted octanol–water partition coefficient (Wildman–Crippen LogP) is 2.25. The van der Waals surface area contributed by atoms with E-state index in [1.54, 1.807) is 0 Å². The van der Waals surface area contributed by atoms with Gasteiger partial charge in [-0.1, -0.05) is 13.8 Å². The van der Waals surface area contributed by atoms with E-state index < -0.39 is 5.97 Å². The van der Waals surface area contributed by atoms with Gasteiger partial charge in [-0.3, -0.25) is 9.59 Å². The number of carbonyl (C=O) groups is 2. The average molecular weight is 210 g/mol. The second-order valence-electron chi connectivity index (χ2n) is 5.51. The zero-order chi connectivity index (χ0) is 11.3. The van der Waals surface area contributed by atoms with Crippen LogP contribution in [-0.2, 0) is 9.59 Å². The van der Waals surface area contributed by atoms with Gasteiger partial charge < -0.3 is 5.11 Å². The van der Waals surface area contributed by atoms with Gasteiger partial charge in [0.15, 0.2) is 0 Å². The fourth-order valence-corrected chi connectivity index (χ4v) is 3.60. The van der Waals surface area contributed by atoms with Crippen molar-refractivity contribution >= 4 is 11.8 Å². The number of Topliss-reactive ketones (excluding diaryl/α,β-unsaturated/α-hetero) is 1. The number of hydrogen-bond acceptors (Lipinski definition) is 2. The average Bonchev–Trinajstić information content (AvgIpc) is 2.50. The Hall–Kier alpha value is -0.860. The summed E-state index contributed by atoms with van der Waals surface area (Å²) in [5.74, 6) is 0.0274. The Balaban J connectivity index is 2.21. The van der Waals surface area contributed by atoms with Gasteiger partial charge in [0.1, 0.15) is 5.78 Å². The fourth-order valence-electron chi connectivity index (χ4n) is 3.60. The Morgan fingerprint density at radius 2 is 2.20 bits per heavy atom. The molecule has 0 unspecified atom stereocenters. The molecule has 2 saturated carbocycles. The number of carboxylic acid groups (broad SMARTS) is 1. The van der Waals surface area contributed by atoms with E-state index in [1.807, 2.05) is 6.92 Å². The summed E-state index contributed by atoms with van der Waals surface area (Å²) in [6.07, 6.45) is 3.56. The Morgan fingerprint density at radius 3 is 2.60 bits per heavy atom. The van der Waals surface area contributed by atoms with Gasteiger partial charge in [0.25, 0.3) is 0 Å². The quantitative estimate of drug-likeness (QED) is 0.777. The molecule has 3 atom stereocenters. The van der Waals surface area contributed by atoms with Crippen LogP contribution < -0.4 is 0 Å². The summed E-state index contributed by atoms with van der Waals surface area (Å²) >= 11 is 0. The minimum atomic E-state index is -0.751. The predicted molar refractivity (Wildman–Crippen MR) is 55.4 cm³/mol. The maximum atomic E-state index is 11.9. The normalized spacial score (nSPS) is 43.6. The number of rotatable bonds is 3. The summed E-state index contributed by atoms with van der Waals surface area (Å²) in [4.78, 5) is 22.5. The third-order valence-corrected chi connectivity index (χ3v) is 5.06. The lowest BCUT2D eigenvalue weighted by Crippen LogP contribution is -2.35. The molecule has 0 aromatic rings. The van der Waals surface area contributed by atoms with Gasteiger partial charge in [-0.25, -0.2) is 0 Å².